The first-order valence-electron chi connectivity index (χ1n) is 30.8. The van der Waals surface area contributed by atoms with Crippen LogP contribution < -0.4 is 4.90 Å². The van der Waals surface area contributed by atoms with Crippen molar-refractivity contribution in [2.45, 2.75) is 77.3 Å². The van der Waals surface area contributed by atoms with Crippen LogP contribution in [0.2, 0.25) is 0 Å². The van der Waals surface area contributed by atoms with Crippen molar-refractivity contribution in [1.29, 1.82) is 0 Å². The van der Waals surface area contributed by atoms with Gasteiger partial charge < -0.3 is 14.0 Å². The summed E-state index contributed by atoms with van der Waals surface area (Å²) >= 11 is 0. The van der Waals surface area contributed by atoms with E-state index in [-0.39, 0.29) is 11.1 Å². The topological polar surface area (TPSA) is 13.1 Å². The number of hydrogen-bond acceptors (Lipinski definition) is 1. The number of para-hydroxylation sites is 2. The van der Waals surface area contributed by atoms with Crippen LogP contribution in [-0.2, 0) is 12.0 Å². The molecule has 410 valence electrons. The number of hydrogen-bond donors (Lipinski definition) is 0. The molecule has 0 radical (unpaired) electrons. The predicted octanol–water partition coefficient (Wildman–Crippen LogP) is 22.3. The average Bonchev–Trinajstić information content (AvgIpc) is 2.66. The van der Waals surface area contributed by atoms with E-state index in [0.717, 1.165) is 38.5 Å². The van der Waals surface area contributed by atoms with Crippen molar-refractivity contribution in [3.8, 4) is 39.1 Å². The van der Waals surface area contributed by atoms with E-state index in [1.54, 1.807) is 0 Å². The first-order valence-corrected chi connectivity index (χ1v) is 30.8. The molecule has 2 aliphatic carbocycles. The molecule has 0 saturated carbocycles. The molecular formula is C82H67N3. The van der Waals surface area contributed by atoms with E-state index in [0.29, 0.717) is 0 Å². The maximum absolute atomic E-state index is 2.64. The van der Waals surface area contributed by atoms with Crippen LogP contribution in [0.4, 0.5) is 11.4 Å². The van der Waals surface area contributed by atoms with Crippen LogP contribution in [0, 0.1) is 0 Å². The highest BCUT2D eigenvalue weighted by molar-refractivity contribution is 6.21. The second-order valence-electron chi connectivity index (χ2n) is 24.5. The highest BCUT2D eigenvalue weighted by Gasteiger charge is 2.46. The minimum absolute atomic E-state index is 0.172. The Morgan fingerprint density at radius 1 is 0.412 bits per heavy atom. The van der Waals surface area contributed by atoms with Gasteiger partial charge in [-0.05, 0) is 196 Å². The van der Waals surface area contributed by atoms with Crippen molar-refractivity contribution in [2.24, 2.45) is 0 Å². The van der Waals surface area contributed by atoms with Crippen molar-refractivity contribution in [1.82, 2.24) is 9.13 Å². The van der Waals surface area contributed by atoms with E-state index in [2.05, 4.69) is 303 Å². The molecule has 2 aromatic heterocycles. The molecule has 0 spiro atoms. The highest BCUT2D eigenvalue weighted by Crippen LogP contribution is 2.57. The quantitative estimate of drug-likeness (QED) is 0.118. The van der Waals surface area contributed by atoms with Gasteiger partial charge in [-0.2, -0.15) is 0 Å². The van der Waals surface area contributed by atoms with Gasteiger partial charge in [0.05, 0.1) is 22.1 Å². The summed E-state index contributed by atoms with van der Waals surface area (Å²) in [6.07, 6.45) is 18.6. The molecule has 2 unspecified atom stereocenters. The fourth-order valence-corrected chi connectivity index (χ4v) is 15.2. The summed E-state index contributed by atoms with van der Waals surface area (Å²) < 4.78 is 5.04. The molecule has 0 saturated heterocycles. The van der Waals surface area contributed by atoms with Crippen molar-refractivity contribution in [3.05, 3.63) is 283 Å². The van der Waals surface area contributed by atoms with Gasteiger partial charge in [-0.15, -0.1) is 0 Å². The summed E-state index contributed by atoms with van der Waals surface area (Å²) in [6.45, 7) is 9.39. The lowest BCUT2D eigenvalue weighted by Crippen LogP contribution is -2.40. The van der Waals surface area contributed by atoms with Crippen LogP contribution >= 0.6 is 0 Å². The van der Waals surface area contributed by atoms with Gasteiger partial charge in [0, 0.05) is 55.2 Å². The first kappa shape index (κ1) is 51.0. The number of aryl methyl sites for hydroxylation is 1. The highest BCUT2D eigenvalue weighted by atomic mass is 15.2. The van der Waals surface area contributed by atoms with E-state index < -0.39 is 0 Å². The molecule has 0 bridgehead atoms. The monoisotopic (exact) mass is 1090 g/mol. The van der Waals surface area contributed by atoms with Gasteiger partial charge in [-0.1, -0.05) is 214 Å². The summed E-state index contributed by atoms with van der Waals surface area (Å²) in [5.74, 6) is 0. The fraction of sp³-hybridized carbons (Fsp3) is 0.146. The van der Waals surface area contributed by atoms with Gasteiger partial charge in [0.2, 0.25) is 0 Å². The normalized spacial score (nSPS) is 17.5. The molecule has 3 aliphatic rings. The first-order chi connectivity index (χ1) is 41.8. The van der Waals surface area contributed by atoms with Crippen LogP contribution in [-0.4, -0.2) is 14.7 Å². The van der Waals surface area contributed by atoms with Gasteiger partial charge in [0.1, 0.15) is 0 Å². The molecular weight excluding hydrogens is 1030 g/mol. The van der Waals surface area contributed by atoms with Crippen LogP contribution in [0.5, 0.6) is 0 Å². The Morgan fingerprint density at radius 2 is 0.929 bits per heavy atom. The number of benzene rings is 11. The van der Waals surface area contributed by atoms with E-state index in [1.807, 2.05) is 0 Å². The van der Waals surface area contributed by atoms with Gasteiger partial charge in [0.25, 0.3) is 0 Å². The van der Waals surface area contributed by atoms with Crippen molar-refractivity contribution >= 4 is 87.7 Å². The second kappa shape index (κ2) is 20.0. The zero-order chi connectivity index (χ0) is 57.0. The third-order valence-corrected chi connectivity index (χ3v) is 19.3. The number of fused-ring (bicyclic) bond motifs is 11. The molecule has 13 aromatic rings. The molecule has 1 aliphatic heterocycles. The minimum Gasteiger partial charge on any atom is -0.331 e. The largest absolute Gasteiger partial charge is 0.331 e. The lowest BCUT2D eigenvalue weighted by molar-refractivity contribution is 0.435. The lowest BCUT2D eigenvalue weighted by atomic mass is 9.79. The van der Waals surface area contributed by atoms with Crippen LogP contribution in [0.25, 0.3) is 115 Å². The predicted molar refractivity (Wildman–Crippen MR) is 363 cm³/mol. The molecule has 3 nitrogen and oxygen atoms in total. The van der Waals surface area contributed by atoms with Crippen molar-refractivity contribution in [3.63, 3.8) is 0 Å². The summed E-state index contributed by atoms with van der Waals surface area (Å²) in [6, 6.07) is 87.1. The van der Waals surface area contributed by atoms with Crippen LogP contribution in [0.1, 0.15) is 76.5 Å². The van der Waals surface area contributed by atoms with E-state index in [1.165, 1.54) is 149 Å². The van der Waals surface area contributed by atoms with E-state index >= 15 is 0 Å². The smallest absolute Gasteiger partial charge is 0.0716 e. The molecule has 11 aromatic carbocycles. The minimum atomic E-state index is -0.363. The Morgan fingerprint density at radius 3 is 1.60 bits per heavy atom. The Labute approximate surface area is 498 Å². The maximum Gasteiger partial charge on any atom is 0.0716 e. The molecule has 3 heterocycles. The molecule has 16 rings (SSSR count). The summed E-state index contributed by atoms with van der Waals surface area (Å²) in [7, 11) is 0. The Bertz CT molecular complexity index is 4920. The number of nitrogens with zero attached hydrogens (tertiary/aromatic N) is 3. The van der Waals surface area contributed by atoms with Crippen LogP contribution in [0.3, 0.4) is 0 Å². The summed E-state index contributed by atoms with van der Waals surface area (Å²) in [4.78, 5) is 2.64. The Kier molecular flexibility index (Phi) is 12.0. The number of aromatic nitrogens is 2. The third-order valence-electron chi connectivity index (χ3n) is 19.3. The molecule has 2 atom stereocenters. The molecule has 0 fully saturated rings. The van der Waals surface area contributed by atoms with E-state index in [9.17, 15) is 0 Å². The lowest BCUT2D eigenvalue weighted by Gasteiger charge is -2.39. The van der Waals surface area contributed by atoms with Crippen molar-refractivity contribution < 1.29 is 0 Å². The number of allylic oxidation sites excluding steroid dienone is 6. The van der Waals surface area contributed by atoms with Gasteiger partial charge in [0.15, 0.2) is 0 Å². The fourth-order valence-electron chi connectivity index (χ4n) is 15.2. The number of anilines is 2. The zero-order valence-corrected chi connectivity index (χ0v) is 48.9. The summed E-state index contributed by atoms with van der Waals surface area (Å²) in [5, 5.41) is 10.2. The number of rotatable bonds is 11. The van der Waals surface area contributed by atoms with Crippen LogP contribution in [0.15, 0.2) is 266 Å². The SMILES string of the molecule is CCCC1=CCC(C)(n2c3ccccc3c3cc(-c4ccc5c(c4)C4=CC(c6ccc7c(c6)c6ccccc6n7-c6ccc(CCC)cc6)=CCC4(C)N5c4ccc(-c5c6ccccc6c(-c6ccccc6)c6ccccc56)cc4)ccc32)C=C1. The molecule has 0 amide bonds. The zero-order valence-electron chi connectivity index (χ0n) is 48.9. The third kappa shape index (κ3) is 8.08. The van der Waals surface area contributed by atoms with Gasteiger partial charge in [-0.3, -0.25) is 0 Å². The standard InChI is InChI=1S/C82H67N3/c1-5-18-54-30-37-62(38-31-54)83-74-28-16-14-22-64(74)70-50-59(34-41-75(70)83)61-46-49-82(4)73(53-61)72-52-60(58-35-42-77-71(51-58)65-23-15-17-29-76(65)85(77)81(3)47-44-55(19-6-2)45-48-81)36-43-78(72)84(82)63-39-32-57(33-40-63)80-68-26-12-10-24-66(68)79(56-20-8-7-9-21-56)67-25-11-13-27-69(67)80/h7-17,20-47,50-53H,5-6,18-19,48-49H2,1-4H3. The molecule has 0 N–H and O–H groups in total. The average molecular weight is 1090 g/mol. The Hall–Kier alpha value is -9.70. The van der Waals surface area contributed by atoms with Gasteiger partial charge >= 0.3 is 0 Å². The summed E-state index contributed by atoms with van der Waals surface area (Å²) in [5.41, 5.74) is 23.5. The second-order valence-corrected chi connectivity index (χ2v) is 24.5. The van der Waals surface area contributed by atoms with E-state index in [4.69, 9.17) is 0 Å². The van der Waals surface area contributed by atoms with Crippen molar-refractivity contribution in [2.75, 3.05) is 4.90 Å². The van der Waals surface area contributed by atoms with Gasteiger partial charge in [-0.25, -0.2) is 0 Å². The maximum atomic E-state index is 2.64. The molecule has 85 heavy (non-hydrogen) atoms. The molecule has 3 heteroatoms. The Balaban J connectivity index is 0.832.